The summed E-state index contributed by atoms with van der Waals surface area (Å²) in [6, 6.07) is 3.41. The Kier molecular flexibility index (Phi) is 4.32. The molecular formula is C14H15NO5S. The number of hydrogen-bond donors (Lipinski definition) is 1. The molecule has 0 radical (unpaired) electrons. The highest BCUT2D eigenvalue weighted by atomic mass is 32.1. The van der Waals surface area contributed by atoms with Gasteiger partial charge in [0.05, 0.1) is 26.9 Å². The Morgan fingerprint density at radius 2 is 1.71 bits per heavy atom. The van der Waals surface area contributed by atoms with Crippen LogP contribution in [0.5, 0.6) is 17.2 Å². The Morgan fingerprint density at radius 1 is 1.14 bits per heavy atom. The van der Waals surface area contributed by atoms with Crippen molar-refractivity contribution in [3.8, 4) is 27.8 Å². The Morgan fingerprint density at radius 3 is 2.10 bits per heavy atom. The minimum Gasteiger partial charge on any atom is -0.496 e. The van der Waals surface area contributed by atoms with Crippen LogP contribution in [0.3, 0.4) is 0 Å². The second-order valence-corrected chi connectivity index (χ2v) is 5.34. The lowest BCUT2D eigenvalue weighted by Gasteiger charge is -2.13. The third-order valence-electron chi connectivity index (χ3n) is 2.93. The molecule has 0 aliphatic carbocycles. The molecule has 6 nitrogen and oxygen atoms in total. The summed E-state index contributed by atoms with van der Waals surface area (Å²) >= 11 is 1.28. The molecule has 2 rings (SSSR count). The van der Waals surface area contributed by atoms with Crippen LogP contribution < -0.4 is 14.2 Å². The van der Waals surface area contributed by atoms with E-state index in [4.69, 9.17) is 19.3 Å². The molecule has 0 aliphatic heterocycles. The van der Waals surface area contributed by atoms with Crippen molar-refractivity contribution in [3.63, 3.8) is 0 Å². The van der Waals surface area contributed by atoms with E-state index in [-0.39, 0.29) is 5.69 Å². The van der Waals surface area contributed by atoms with Crippen molar-refractivity contribution >= 4 is 17.3 Å². The summed E-state index contributed by atoms with van der Waals surface area (Å²) in [5, 5.41) is 9.65. The number of methoxy groups -OCH3 is 3. The van der Waals surface area contributed by atoms with E-state index in [1.165, 1.54) is 25.6 Å². The molecule has 2 aromatic rings. The first kappa shape index (κ1) is 15.1. The van der Waals surface area contributed by atoms with E-state index in [0.29, 0.717) is 32.7 Å². The van der Waals surface area contributed by atoms with Gasteiger partial charge in [-0.3, -0.25) is 0 Å². The first-order valence-corrected chi connectivity index (χ1v) is 6.84. The van der Waals surface area contributed by atoms with Gasteiger partial charge in [-0.1, -0.05) is 0 Å². The second-order valence-electron chi connectivity index (χ2n) is 4.14. The smallest absolute Gasteiger partial charge is 0.355 e. The van der Waals surface area contributed by atoms with Gasteiger partial charge in [-0.05, 0) is 6.92 Å². The third kappa shape index (κ3) is 2.78. The van der Waals surface area contributed by atoms with Gasteiger partial charge < -0.3 is 19.3 Å². The molecule has 112 valence electrons. The minimum atomic E-state index is -1.05. The summed E-state index contributed by atoms with van der Waals surface area (Å²) in [6.45, 7) is 1.72. The number of carbonyl (C=O) groups is 1. The standard InChI is InChI=1S/C14H15NO5S/c1-7-12(14(16)17)15-13(21-7)11-9(19-3)5-8(18-2)6-10(11)20-4/h5-6H,1-4H3,(H,16,17). The van der Waals surface area contributed by atoms with Gasteiger partial charge in [-0.15, -0.1) is 11.3 Å². The van der Waals surface area contributed by atoms with Crippen LogP contribution >= 0.6 is 11.3 Å². The molecular weight excluding hydrogens is 294 g/mol. The number of aromatic carboxylic acids is 1. The lowest BCUT2D eigenvalue weighted by Crippen LogP contribution is -1.99. The number of aromatic nitrogens is 1. The average molecular weight is 309 g/mol. The summed E-state index contributed by atoms with van der Waals surface area (Å²) < 4.78 is 15.9. The fourth-order valence-electron chi connectivity index (χ4n) is 1.92. The molecule has 21 heavy (non-hydrogen) atoms. The molecule has 0 saturated heterocycles. The van der Waals surface area contributed by atoms with Gasteiger partial charge in [0.2, 0.25) is 0 Å². The van der Waals surface area contributed by atoms with E-state index in [0.717, 1.165) is 0 Å². The number of hydrogen-bond acceptors (Lipinski definition) is 6. The number of thiazole rings is 1. The maximum atomic E-state index is 11.1. The maximum absolute atomic E-state index is 11.1. The van der Waals surface area contributed by atoms with E-state index in [1.54, 1.807) is 26.2 Å². The van der Waals surface area contributed by atoms with Crippen LogP contribution in [-0.2, 0) is 0 Å². The summed E-state index contributed by atoms with van der Waals surface area (Å²) in [7, 11) is 4.59. The van der Waals surface area contributed by atoms with Crippen molar-refractivity contribution in [1.82, 2.24) is 4.98 Å². The van der Waals surface area contributed by atoms with Crippen LogP contribution in [0.4, 0.5) is 0 Å². The van der Waals surface area contributed by atoms with Crippen LogP contribution in [0.1, 0.15) is 15.4 Å². The molecule has 1 N–H and O–H groups in total. The van der Waals surface area contributed by atoms with Crippen LogP contribution in [0.25, 0.3) is 10.6 Å². The molecule has 0 spiro atoms. The highest BCUT2D eigenvalue weighted by molar-refractivity contribution is 7.15. The summed E-state index contributed by atoms with van der Waals surface area (Å²) in [4.78, 5) is 15.9. The van der Waals surface area contributed by atoms with Crippen LogP contribution in [-0.4, -0.2) is 37.4 Å². The van der Waals surface area contributed by atoms with E-state index in [9.17, 15) is 4.79 Å². The van der Waals surface area contributed by atoms with Gasteiger partial charge in [0.15, 0.2) is 5.69 Å². The molecule has 0 fully saturated rings. The lowest BCUT2D eigenvalue weighted by atomic mass is 10.1. The SMILES string of the molecule is COc1cc(OC)c(-c2nc(C(=O)O)c(C)s2)c(OC)c1. The normalized spacial score (nSPS) is 10.3. The zero-order valence-electron chi connectivity index (χ0n) is 12.1. The first-order valence-electron chi connectivity index (χ1n) is 6.03. The van der Waals surface area contributed by atoms with Gasteiger partial charge in [-0.25, -0.2) is 9.78 Å². The number of benzene rings is 1. The summed E-state index contributed by atoms with van der Waals surface area (Å²) in [5.41, 5.74) is 0.649. The monoisotopic (exact) mass is 309 g/mol. The fourth-order valence-corrected chi connectivity index (χ4v) is 2.88. The van der Waals surface area contributed by atoms with E-state index in [2.05, 4.69) is 4.98 Å². The fraction of sp³-hybridized carbons (Fsp3) is 0.286. The van der Waals surface area contributed by atoms with Gasteiger partial charge in [0, 0.05) is 17.0 Å². The zero-order valence-corrected chi connectivity index (χ0v) is 12.9. The van der Waals surface area contributed by atoms with Gasteiger partial charge in [-0.2, -0.15) is 0 Å². The van der Waals surface area contributed by atoms with Crippen molar-refractivity contribution in [1.29, 1.82) is 0 Å². The molecule has 1 aromatic carbocycles. The number of carboxylic acids is 1. The molecule has 7 heteroatoms. The lowest BCUT2D eigenvalue weighted by molar-refractivity contribution is 0.0690. The Balaban J connectivity index is 2.67. The van der Waals surface area contributed by atoms with Crippen LogP contribution in [0.2, 0.25) is 0 Å². The maximum Gasteiger partial charge on any atom is 0.355 e. The highest BCUT2D eigenvalue weighted by Crippen LogP contribution is 2.43. The largest absolute Gasteiger partial charge is 0.496 e. The van der Waals surface area contributed by atoms with Gasteiger partial charge in [0.1, 0.15) is 22.3 Å². The van der Waals surface area contributed by atoms with Crippen LogP contribution in [0, 0.1) is 6.92 Å². The van der Waals surface area contributed by atoms with Crippen molar-refractivity contribution in [2.75, 3.05) is 21.3 Å². The van der Waals surface area contributed by atoms with Crippen molar-refractivity contribution < 1.29 is 24.1 Å². The summed E-state index contributed by atoms with van der Waals surface area (Å²) in [5.74, 6) is 0.550. The predicted molar refractivity (Wildman–Crippen MR) is 78.9 cm³/mol. The number of ether oxygens (including phenoxy) is 3. The molecule has 1 aromatic heterocycles. The predicted octanol–water partition coefficient (Wildman–Crippen LogP) is 2.84. The number of carboxylic acid groups (broad SMARTS) is 1. The molecule has 0 unspecified atom stereocenters. The number of aryl methyl sites for hydroxylation is 1. The molecule has 0 amide bonds. The van der Waals surface area contributed by atoms with E-state index in [1.807, 2.05) is 0 Å². The average Bonchev–Trinajstić information content (AvgIpc) is 2.87. The number of nitrogens with zero attached hydrogens (tertiary/aromatic N) is 1. The molecule has 0 bridgehead atoms. The Labute approximate surface area is 125 Å². The molecule has 0 atom stereocenters. The number of rotatable bonds is 5. The Bertz CT molecular complexity index is 655. The quantitative estimate of drug-likeness (QED) is 0.915. The topological polar surface area (TPSA) is 77.9 Å². The van der Waals surface area contributed by atoms with Crippen molar-refractivity contribution in [3.05, 3.63) is 22.7 Å². The van der Waals surface area contributed by atoms with E-state index >= 15 is 0 Å². The van der Waals surface area contributed by atoms with Gasteiger partial charge in [0.25, 0.3) is 0 Å². The van der Waals surface area contributed by atoms with Crippen molar-refractivity contribution in [2.24, 2.45) is 0 Å². The van der Waals surface area contributed by atoms with E-state index < -0.39 is 5.97 Å². The highest BCUT2D eigenvalue weighted by Gasteiger charge is 2.22. The van der Waals surface area contributed by atoms with Gasteiger partial charge >= 0.3 is 5.97 Å². The molecule has 0 aliphatic rings. The minimum absolute atomic E-state index is 0.0370. The molecule has 1 heterocycles. The van der Waals surface area contributed by atoms with Crippen molar-refractivity contribution in [2.45, 2.75) is 6.92 Å². The second kappa shape index (κ2) is 6.01. The third-order valence-corrected chi connectivity index (χ3v) is 3.92. The zero-order chi connectivity index (χ0) is 15.6. The first-order chi connectivity index (χ1) is 10.0. The van der Waals surface area contributed by atoms with Crippen LogP contribution in [0.15, 0.2) is 12.1 Å². The molecule has 0 saturated carbocycles. The summed E-state index contributed by atoms with van der Waals surface area (Å²) in [6.07, 6.45) is 0. The Hall–Kier alpha value is -2.28.